The maximum Gasteiger partial charge on any atom is 0.338 e. The highest BCUT2D eigenvalue weighted by Crippen LogP contribution is 2.16. The molecule has 6 nitrogen and oxygen atoms in total. The van der Waals surface area contributed by atoms with Gasteiger partial charge in [0.2, 0.25) is 0 Å². The highest BCUT2D eigenvalue weighted by atomic mass is 16.4. The van der Waals surface area contributed by atoms with Crippen LogP contribution >= 0.6 is 0 Å². The molecule has 0 fully saturated rings. The third-order valence-corrected chi connectivity index (χ3v) is 3.14. The minimum Gasteiger partial charge on any atom is -0.478 e. The highest BCUT2D eigenvalue weighted by molar-refractivity contribution is 6.00. The van der Waals surface area contributed by atoms with Crippen LogP contribution < -0.4 is 0 Å². The molecule has 6 heteroatoms. The first-order valence-electron chi connectivity index (χ1n) is 6.20. The highest BCUT2D eigenvalue weighted by Gasteiger charge is 2.13. The average molecular weight is 268 g/mol. The van der Waals surface area contributed by atoms with Crippen molar-refractivity contribution in [3.05, 3.63) is 53.9 Å². The van der Waals surface area contributed by atoms with Gasteiger partial charge in [-0.1, -0.05) is 11.3 Å². The number of hydrogen-bond donors (Lipinski definition) is 1. The second-order valence-electron chi connectivity index (χ2n) is 4.40. The Morgan fingerprint density at radius 1 is 1.20 bits per heavy atom. The number of hydrogen-bond acceptors (Lipinski definition) is 4. The molecule has 0 amide bonds. The summed E-state index contributed by atoms with van der Waals surface area (Å²) in [6, 6.07) is 8.96. The summed E-state index contributed by atoms with van der Waals surface area (Å²) in [5.74, 6) is -0.989. The average Bonchev–Trinajstić information content (AvgIpc) is 2.89. The molecule has 0 unspecified atom stereocenters. The van der Waals surface area contributed by atoms with E-state index in [4.69, 9.17) is 5.11 Å². The molecule has 0 saturated heterocycles. The summed E-state index contributed by atoms with van der Waals surface area (Å²) in [6.07, 6.45) is 4.28. The van der Waals surface area contributed by atoms with E-state index in [0.717, 1.165) is 17.5 Å². The number of aromatic nitrogens is 4. The van der Waals surface area contributed by atoms with Gasteiger partial charge in [0.1, 0.15) is 5.52 Å². The lowest BCUT2D eigenvalue weighted by atomic mass is 10.1. The Hall–Kier alpha value is -2.76. The van der Waals surface area contributed by atoms with E-state index in [1.54, 1.807) is 23.1 Å². The molecular formula is C14H12N4O2. The first-order valence-corrected chi connectivity index (χ1v) is 6.20. The first kappa shape index (κ1) is 12.3. The fourth-order valence-corrected chi connectivity index (χ4v) is 2.11. The number of carboxylic acid groups (broad SMARTS) is 1. The van der Waals surface area contributed by atoms with Crippen LogP contribution in [0.1, 0.15) is 15.9 Å². The molecule has 1 aromatic carbocycles. The molecule has 0 aliphatic carbocycles. The lowest BCUT2D eigenvalue weighted by molar-refractivity contribution is 0.0699. The van der Waals surface area contributed by atoms with Crippen LogP contribution in [0.15, 0.2) is 42.7 Å². The second-order valence-corrected chi connectivity index (χ2v) is 4.40. The summed E-state index contributed by atoms with van der Waals surface area (Å²) in [5.41, 5.74) is 2.49. The van der Waals surface area contributed by atoms with Crippen molar-refractivity contribution in [3.63, 3.8) is 0 Å². The normalized spacial score (nSPS) is 10.8. The second kappa shape index (κ2) is 5.08. The van der Waals surface area contributed by atoms with Gasteiger partial charge in [-0.05, 0) is 36.2 Å². The Balaban J connectivity index is 1.90. The van der Waals surface area contributed by atoms with Gasteiger partial charge in [0, 0.05) is 18.9 Å². The molecule has 0 spiro atoms. The number of carboxylic acids is 1. The molecule has 0 aliphatic heterocycles. The zero-order chi connectivity index (χ0) is 13.9. The lowest BCUT2D eigenvalue weighted by Gasteiger charge is -2.02. The minimum atomic E-state index is -0.989. The molecule has 2 aromatic heterocycles. The number of rotatable bonds is 4. The molecule has 0 bridgehead atoms. The van der Waals surface area contributed by atoms with Crippen LogP contribution in [0.2, 0.25) is 0 Å². The molecule has 20 heavy (non-hydrogen) atoms. The van der Waals surface area contributed by atoms with Crippen molar-refractivity contribution in [1.29, 1.82) is 0 Å². The number of benzene rings is 1. The summed E-state index contributed by atoms with van der Waals surface area (Å²) in [4.78, 5) is 15.1. The molecule has 100 valence electrons. The number of fused-ring (bicyclic) bond motifs is 1. The van der Waals surface area contributed by atoms with Gasteiger partial charge in [-0.2, -0.15) is 0 Å². The van der Waals surface area contributed by atoms with Crippen molar-refractivity contribution in [2.24, 2.45) is 0 Å². The largest absolute Gasteiger partial charge is 0.478 e. The van der Waals surface area contributed by atoms with Crippen LogP contribution in [0.4, 0.5) is 0 Å². The minimum absolute atomic E-state index is 0.178. The number of aryl methyl sites for hydroxylation is 2. The predicted molar refractivity (Wildman–Crippen MR) is 72.4 cm³/mol. The number of aromatic carboxylic acids is 1. The standard InChI is InChI=1S/C14H12N4O2/c19-14(20)11-2-1-3-12-13(11)16-17-18(12)9-6-10-4-7-15-8-5-10/h1-5,7-8H,6,9H2,(H,19,20). The number of carbonyl (C=O) groups is 1. The lowest BCUT2D eigenvalue weighted by Crippen LogP contribution is -2.03. The monoisotopic (exact) mass is 268 g/mol. The van der Waals surface area contributed by atoms with Gasteiger partial charge in [0.15, 0.2) is 0 Å². The third-order valence-electron chi connectivity index (χ3n) is 3.14. The quantitative estimate of drug-likeness (QED) is 0.779. The van der Waals surface area contributed by atoms with Crippen LogP contribution in [0.25, 0.3) is 11.0 Å². The SMILES string of the molecule is O=C(O)c1cccc2c1nnn2CCc1ccncc1. The van der Waals surface area contributed by atoms with Crippen molar-refractivity contribution in [2.75, 3.05) is 0 Å². The number of nitrogens with zero attached hydrogens (tertiary/aromatic N) is 4. The van der Waals surface area contributed by atoms with Crippen molar-refractivity contribution in [3.8, 4) is 0 Å². The molecule has 0 atom stereocenters. The summed E-state index contributed by atoms with van der Waals surface area (Å²) >= 11 is 0. The molecule has 0 saturated carbocycles. The van der Waals surface area contributed by atoms with Crippen molar-refractivity contribution >= 4 is 17.0 Å². The van der Waals surface area contributed by atoms with Crippen LogP contribution in [0, 0.1) is 0 Å². The summed E-state index contributed by atoms with van der Waals surface area (Å²) < 4.78 is 1.72. The van der Waals surface area contributed by atoms with Gasteiger partial charge in [-0.25, -0.2) is 9.48 Å². The van der Waals surface area contributed by atoms with Crippen LogP contribution in [0.5, 0.6) is 0 Å². The van der Waals surface area contributed by atoms with Gasteiger partial charge in [-0.15, -0.1) is 5.10 Å². The fraction of sp³-hybridized carbons (Fsp3) is 0.143. The maximum atomic E-state index is 11.1. The summed E-state index contributed by atoms with van der Waals surface area (Å²) in [5, 5.41) is 17.1. The Kier molecular flexibility index (Phi) is 3.12. The van der Waals surface area contributed by atoms with Crippen molar-refractivity contribution < 1.29 is 9.90 Å². The summed E-state index contributed by atoms with van der Waals surface area (Å²) in [6.45, 7) is 0.642. The van der Waals surface area contributed by atoms with Crippen molar-refractivity contribution in [1.82, 2.24) is 20.0 Å². The molecular weight excluding hydrogens is 256 g/mol. The Morgan fingerprint density at radius 2 is 2.00 bits per heavy atom. The molecule has 0 aliphatic rings. The number of pyridine rings is 1. The maximum absolute atomic E-state index is 11.1. The smallest absolute Gasteiger partial charge is 0.338 e. The van der Waals surface area contributed by atoms with Crippen LogP contribution in [-0.4, -0.2) is 31.1 Å². The Morgan fingerprint density at radius 3 is 2.75 bits per heavy atom. The van der Waals surface area contributed by atoms with E-state index in [0.29, 0.717) is 12.1 Å². The van der Waals surface area contributed by atoms with E-state index in [1.165, 1.54) is 6.07 Å². The molecule has 2 heterocycles. The van der Waals surface area contributed by atoms with E-state index in [1.807, 2.05) is 18.2 Å². The predicted octanol–water partition coefficient (Wildman–Crippen LogP) is 1.77. The van der Waals surface area contributed by atoms with Gasteiger partial charge in [0.05, 0.1) is 11.1 Å². The topological polar surface area (TPSA) is 80.9 Å². The Labute approximate surface area is 114 Å². The molecule has 3 rings (SSSR count). The van der Waals surface area contributed by atoms with E-state index >= 15 is 0 Å². The first-order chi connectivity index (χ1) is 9.75. The van der Waals surface area contributed by atoms with Gasteiger partial charge >= 0.3 is 5.97 Å². The molecule has 3 aromatic rings. The fourth-order valence-electron chi connectivity index (χ4n) is 2.11. The van der Waals surface area contributed by atoms with Crippen LogP contribution in [-0.2, 0) is 13.0 Å². The van der Waals surface area contributed by atoms with Gasteiger partial charge < -0.3 is 5.11 Å². The summed E-state index contributed by atoms with van der Waals surface area (Å²) in [7, 11) is 0. The van der Waals surface area contributed by atoms with Crippen molar-refractivity contribution in [2.45, 2.75) is 13.0 Å². The van der Waals surface area contributed by atoms with E-state index < -0.39 is 5.97 Å². The van der Waals surface area contributed by atoms with Crippen LogP contribution in [0.3, 0.4) is 0 Å². The van der Waals surface area contributed by atoms with Gasteiger partial charge in [-0.3, -0.25) is 4.98 Å². The molecule has 1 N–H and O–H groups in total. The third kappa shape index (κ3) is 2.23. The Bertz CT molecular complexity index is 752. The zero-order valence-electron chi connectivity index (χ0n) is 10.6. The van der Waals surface area contributed by atoms with Gasteiger partial charge in [0.25, 0.3) is 0 Å². The van der Waals surface area contributed by atoms with E-state index in [2.05, 4.69) is 15.3 Å². The molecule has 0 radical (unpaired) electrons. The van der Waals surface area contributed by atoms with E-state index in [-0.39, 0.29) is 5.56 Å². The van der Waals surface area contributed by atoms with E-state index in [9.17, 15) is 4.79 Å². The zero-order valence-corrected chi connectivity index (χ0v) is 10.6.